The molecule has 0 aliphatic carbocycles. The summed E-state index contributed by atoms with van der Waals surface area (Å²) in [4.78, 5) is 39.4. The number of nitrogens with one attached hydrogen (secondary N) is 1. The number of ether oxygens (including phenoxy) is 1. The van der Waals surface area contributed by atoms with E-state index < -0.39 is 5.97 Å². The van der Waals surface area contributed by atoms with Gasteiger partial charge < -0.3 is 9.64 Å². The zero-order valence-corrected chi connectivity index (χ0v) is 18.3. The summed E-state index contributed by atoms with van der Waals surface area (Å²) in [5.74, 6) is 0.0907. The van der Waals surface area contributed by atoms with Gasteiger partial charge in [0, 0.05) is 30.6 Å². The number of carbonyl (C=O) groups is 2. The Kier molecular flexibility index (Phi) is 5.42. The smallest absolute Gasteiger partial charge is 0.347 e. The summed E-state index contributed by atoms with van der Waals surface area (Å²) in [5.41, 5.74) is 3.96. The second-order valence-electron chi connectivity index (χ2n) is 8.20. The van der Waals surface area contributed by atoms with Crippen molar-refractivity contribution in [3.05, 3.63) is 75.5 Å². The highest BCUT2D eigenvalue weighted by molar-refractivity contribution is 5.96. The molecule has 33 heavy (non-hydrogen) atoms. The second-order valence-corrected chi connectivity index (χ2v) is 8.20. The number of fused-ring (bicyclic) bond motifs is 3. The van der Waals surface area contributed by atoms with Crippen molar-refractivity contribution in [1.82, 2.24) is 19.7 Å². The Morgan fingerprint density at radius 1 is 1.06 bits per heavy atom. The quantitative estimate of drug-likeness (QED) is 0.624. The van der Waals surface area contributed by atoms with Gasteiger partial charge in [-0.1, -0.05) is 18.2 Å². The first-order valence-corrected chi connectivity index (χ1v) is 11.1. The van der Waals surface area contributed by atoms with E-state index in [1.807, 2.05) is 47.4 Å². The molecule has 1 amide bonds. The fraction of sp³-hybridized carbons (Fsp3) is 0.280. The first-order chi connectivity index (χ1) is 16.0. The highest BCUT2D eigenvalue weighted by atomic mass is 16.5. The van der Waals surface area contributed by atoms with E-state index in [9.17, 15) is 14.4 Å². The van der Waals surface area contributed by atoms with Gasteiger partial charge in [-0.05, 0) is 66.8 Å². The van der Waals surface area contributed by atoms with Crippen LogP contribution in [-0.2, 0) is 16.0 Å². The van der Waals surface area contributed by atoms with Crippen LogP contribution in [0.5, 0.6) is 0 Å². The average molecular weight is 444 g/mol. The number of aromatic nitrogens is 3. The molecule has 0 saturated carbocycles. The number of likely N-dealkylation sites (tertiary alicyclic amines) is 1. The number of benzene rings is 2. The predicted molar refractivity (Wildman–Crippen MR) is 123 cm³/mol. The fourth-order valence-corrected chi connectivity index (χ4v) is 4.42. The maximum absolute atomic E-state index is 12.6. The molecular formula is C25H24N4O4. The van der Waals surface area contributed by atoms with Crippen molar-refractivity contribution in [2.45, 2.75) is 26.2 Å². The zero-order valence-electron chi connectivity index (χ0n) is 18.3. The van der Waals surface area contributed by atoms with E-state index in [2.05, 4.69) is 10.2 Å². The van der Waals surface area contributed by atoms with Crippen LogP contribution in [0, 0.1) is 0 Å². The molecule has 0 bridgehead atoms. The Morgan fingerprint density at radius 3 is 2.52 bits per heavy atom. The van der Waals surface area contributed by atoms with Crippen LogP contribution in [0.15, 0.2) is 52.8 Å². The third-order valence-electron chi connectivity index (χ3n) is 6.08. The predicted octanol–water partition coefficient (Wildman–Crippen LogP) is 2.97. The molecule has 3 heterocycles. The molecule has 1 N–H and O–H groups in total. The molecule has 2 aliphatic rings. The summed E-state index contributed by atoms with van der Waals surface area (Å²) in [7, 11) is 0. The molecular weight excluding hydrogens is 420 g/mol. The molecule has 0 atom stereocenters. The molecule has 5 rings (SSSR count). The van der Waals surface area contributed by atoms with E-state index in [-0.39, 0.29) is 24.6 Å². The standard InChI is InChI=1S/C25H24N4O4/c1-2-33-24(31)20-14-19-13-18(9-10-21(19)29-22(15-20)26-27-25(29)32)16-5-7-17(8-6-16)23(30)28-11-3-4-12-28/h5-10,13-14H,2-4,11-12,15H2,1H3,(H,27,32). The molecule has 168 valence electrons. The minimum absolute atomic E-state index is 0.0647. The monoisotopic (exact) mass is 444 g/mol. The van der Waals surface area contributed by atoms with Crippen LogP contribution in [0.1, 0.15) is 41.5 Å². The molecule has 0 unspecified atom stereocenters. The van der Waals surface area contributed by atoms with Crippen LogP contribution in [0.4, 0.5) is 0 Å². The van der Waals surface area contributed by atoms with E-state index in [1.54, 1.807) is 13.0 Å². The first kappa shape index (κ1) is 20.9. The number of aromatic amines is 1. The topological polar surface area (TPSA) is 97.3 Å². The number of nitrogens with zero attached hydrogens (tertiary/aromatic N) is 3. The van der Waals surface area contributed by atoms with Gasteiger partial charge in [-0.3, -0.25) is 4.79 Å². The lowest BCUT2D eigenvalue weighted by Gasteiger charge is -2.15. The Balaban J connectivity index is 1.52. The molecule has 3 aromatic rings. The number of rotatable bonds is 4. The van der Waals surface area contributed by atoms with Gasteiger partial charge in [0.25, 0.3) is 5.91 Å². The minimum atomic E-state index is -0.428. The maximum Gasteiger partial charge on any atom is 0.347 e. The third kappa shape index (κ3) is 3.88. The molecule has 1 fully saturated rings. The molecule has 0 radical (unpaired) electrons. The van der Waals surface area contributed by atoms with E-state index >= 15 is 0 Å². The number of hydrogen-bond acceptors (Lipinski definition) is 5. The van der Waals surface area contributed by atoms with E-state index in [0.717, 1.165) is 42.6 Å². The number of carbonyl (C=O) groups excluding carboxylic acids is 2. The zero-order chi connectivity index (χ0) is 22.9. The normalized spacial score (nSPS) is 14.8. The summed E-state index contributed by atoms with van der Waals surface area (Å²) in [6.45, 7) is 3.65. The van der Waals surface area contributed by atoms with E-state index in [1.165, 1.54) is 4.57 Å². The van der Waals surface area contributed by atoms with Crippen LogP contribution in [0.2, 0.25) is 0 Å². The Hall–Kier alpha value is -3.94. The van der Waals surface area contributed by atoms with Crippen LogP contribution in [-0.4, -0.2) is 51.2 Å². The summed E-state index contributed by atoms with van der Waals surface area (Å²) in [5, 5.41) is 6.56. The second kappa shape index (κ2) is 8.54. The van der Waals surface area contributed by atoms with Gasteiger partial charge >= 0.3 is 11.7 Å². The van der Waals surface area contributed by atoms with Crippen molar-refractivity contribution in [2.75, 3.05) is 19.7 Å². The molecule has 8 heteroatoms. The number of esters is 1. The molecule has 0 spiro atoms. The van der Waals surface area contributed by atoms with Gasteiger partial charge in [0.1, 0.15) is 5.82 Å². The Morgan fingerprint density at radius 2 is 1.79 bits per heavy atom. The lowest BCUT2D eigenvalue weighted by Crippen LogP contribution is -2.27. The largest absolute Gasteiger partial charge is 0.463 e. The van der Waals surface area contributed by atoms with Crippen LogP contribution in [0.25, 0.3) is 22.9 Å². The summed E-state index contributed by atoms with van der Waals surface area (Å²) < 4.78 is 6.68. The van der Waals surface area contributed by atoms with E-state index in [4.69, 9.17) is 4.74 Å². The Labute approximate surface area is 190 Å². The van der Waals surface area contributed by atoms with Crippen molar-refractivity contribution in [3.63, 3.8) is 0 Å². The van der Waals surface area contributed by atoms with Gasteiger partial charge in [-0.15, -0.1) is 0 Å². The van der Waals surface area contributed by atoms with Gasteiger partial charge in [-0.25, -0.2) is 19.3 Å². The van der Waals surface area contributed by atoms with Gasteiger partial charge in [-0.2, -0.15) is 5.10 Å². The lowest BCUT2D eigenvalue weighted by molar-refractivity contribution is -0.138. The molecule has 1 aromatic heterocycles. The van der Waals surface area contributed by atoms with Crippen molar-refractivity contribution in [1.29, 1.82) is 0 Å². The SMILES string of the molecule is CCOC(=O)C1=Cc2cc(-c3ccc(C(=O)N4CCCC4)cc3)ccc2-n2c(n[nH]c2=O)C1. The number of hydrogen-bond donors (Lipinski definition) is 1. The summed E-state index contributed by atoms with van der Waals surface area (Å²) in [6.07, 6.45) is 4.06. The third-order valence-corrected chi connectivity index (χ3v) is 6.08. The fourth-order valence-electron chi connectivity index (χ4n) is 4.42. The maximum atomic E-state index is 12.6. The van der Waals surface area contributed by atoms with Gasteiger partial charge in [0.15, 0.2) is 0 Å². The van der Waals surface area contributed by atoms with Crippen molar-refractivity contribution >= 4 is 18.0 Å². The van der Waals surface area contributed by atoms with Gasteiger partial charge in [0.2, 0.25) is 0 Å². The highest BCUT2D eigenvalue weighted by Gasteiger charge is 2.23. The molecule has 8 nitrogen and oxygen atoms in total. The van der Waals surface area contributed by atoms with Gasteiger partial charge in [0.05, 0.1) is 12.3 Å². The Bertz CT molecular complexity index is 1310. The summed E-state index contributed by atoms with van der Waals surface area (Å²) >= 11 is 0. The molecule has 2 aliphatic heterocycles. The number of amides is 1. The van der Waals surface area contributed by atoms with Crippen molar-refractivity contribution < 1.29 is 14.3 Å². The summed E-state index contributed by atoms with van der Waals surface area (Å²) in [6, 6.07) is 13.2. The molecule has 1 saturated heterocycles. The minimum Gasteiger partial charge on any atom is -0.463 e. The molecule has 2 aromatic carbocycles. The van der Waals surface area contributed by atoms with E-state index in [0.29, 0.717) is 22.6 Å². The van der Waals surface area contributed by atoms with Crippen molar-refractivity contribution in [2.24, 2.45) is 0 Å². The van der Waals surface area contributed by atoms with Crippen LogP contribution >= 0.6 is 0 Å². The lowest BCUT2D eigenvalue weighted by atomic mass is 9.99. The first-order valence-electron chi connectivity index (χ1n) is 11.1. The van der Waals surface area contributed by atoms with Crippen LogP contribution in [0.3, 0.4) is 0 Å². The highest BCUT2D eigenvalue weighted by Crippen LogP contribution is 2.29. The van der Waals surface area contributed by atoms with Crippen molar-refractivity contribution in [3.8, 4) is 16.8 Å². The average Bonchev–Trinajstić information content (AvgIpc) is 3.45. The number of H-pyrrole nitrogens is 1. The van der Waals surface area contributed by atoms with Crippen LogP contribution < -0.4 is 5.69 Å².